The summed E-state index contributed by atoms with van der Waals surface area (Å²) in [6.07, 6.45) is 5.70. The second-order valence-electron chi connectivity index (χ2n) is 5.73. The van der Waals surface area contributed by atoms with E-state index in [-0.39, 0.29) is 6.04 Å². The summed E-state index contributed by atoms with van der Waals surface area (Å²) in [6.45, 7) is 0. The first-order chi connectivity index (χ1) is 10.2. The van der Waals surface area contributed by atoms with Crippen LogP contribution in [0.1, 0.15) is 29.5 Å². The topological polar surface area (TPSA) is 12.0 Å². The van der Waals surface area contributed by atoms with Gasteiger partial charge in [-0.2, -0.15) is 0 Å². The molecule has 1 aliphatic heterocycles. The van der Waals surface area contributed by atoms with Crippen LogP contribution in [-0.2, 0) is 0 Å². The summed E-state index contributed by atoms with van der Waals surface area (Å²) >= 11 is 12.5. The molecule has 1 nitrogen and oxygen atoms in total. The molecular weight excluding hydrogens is 301 g/mol. The number of halogens is 2. The van der Waals surface area contributed by atoms with Crippen molar-refractivity contribution in [1.29, 1.82) is 0 Å². The molecule has 3 heteroatoms. The maximum atomic E-state index is 6.44. The van der Waals surface area contributed by atoms with E-state index in [1.54, 1.807) is 0 Å². The third-order valence-electron chi connectivity index (χ3n) is 4.57. The second kappa shape index (κ2) is 5.08. The van der Waals surface area contributed by atoms with E-state index in [0.717, 1.165) is 17.0 Å². The van der Waals surface area contributed by atoms with E-state index in [4.69, 9.17) is 23.2 Å². The van der Waals surface area contributed by atoms with E-state index < -0.39 is 0 Å². The molecule has 3 unspecified atom stereocenters. The highest BCUT2D eigenvalue weighted by Crippen LogP contribution is 2.50. The van der Waals surface area contributed by atoms with Crippen LogP contribution < -0.4 is 5.32 Å². The average Bonchev–Trinajstić information content (AvgIpc) is 2.96. The van der Waals surface area contributed by atoms with Gasteiger partial charge in [0.05, 0.1) is 6.04 Å². The number of hydrogen-bond donors (Lipinski definition) is 1. The minimum atomic E-state index is 0.227. The average molecular weight is 316 g/mol. The third-order valence-corrected chi connectivity index (χ3v) is 5.13. The largest absolute Gasteiger partial charge is 0.378 e. The molecule has 4 rings (SSSR count). The monoisotopic (exact) mass is 315 g/mol. The lowest BCUT2D eigenvalue weighted by Gasteiger charge is -2.37. The molecule has 1 aliphatic carbocycles. The Morgan fingerprint density at radius 1 is 1.00 bits per heavy atom. The van der Waals surface area contributed by atoms with Crippen LogP contribution in [0.3, 0.4) is 0 Å². The Balaban J connectivity index is 1.81. The molecule has 2 aromatic carbocycles. The van der Waals surface area contributed by atoms with Crippen LogP contribution >= 0.6 is 23.2 Å². The maximum Gasteiger partial charge on any atom is 0.0568 e. The van der Waals surface area contributed by atoms with E-state index >= 15 is 0 Å². The zero-order chi connectivity index (χ0) is 14.4. The van der Waals surface area contributed by atoms with Gasteiger partial charge in [0.1, 0.15) is 0 Å². The first-order valence-corrected chi connectivity index (χ1v) is 7.97. The fourth-order valence-corrected chi connectivity index (χ4v) is 4.13. The molecule has 21 heavy (non-hydrogen) atoms. The van der Waals surface area contributed by atoms with Gasteiger partial charge in [0.15, 0.2) is 0 Å². The third kappa shape index (κ3) is 2.16. The number of rotatable bonds is 1. The van der Waals surface area contributed by atoms with Crippen molar-refractivity contribution in [3.8, 4) is 0 Å². The van der Waals surface area contributed by atoms with Gasteiger partial charge in [-0.15, -0.1) is 0 Å². The Bertz CT molecular complexity index is 723. The molecule has 0 radical (unpaired) electrons. The Morgan fingerprint density at radius 2 is 1.86 bits per heavy atom. The number of anilines is 1. The van der Waals surface area contributed by atoms with Crippen molar-refractivity contribution in [2.24, 2.45) is 5.92 Å². The SMILES string of the molecule is Clc1ccc(C2Nc3ccccc3C3C=CCC32)c(Cl)c1. The predicted octanol–water partition coefficient (Wildman–Crippen LogP) is 5.82. The molecule has 1 N–H and O–H groups in total. The molecule has 0 fully saturated rings. The smallest absolute Gasteiger partial charge is 0.0568 e. The summed E-state index contributed by atoms with van der Waals surface area (Å²) in [5, 5.41) is 5.10. The van der Waals surface area contributed by atoms with Gasteiger partial charge in [-0.25, -0.2) is 0 Å². The molecule has 2 aromatic rings. The van der Waals surface area contributed by atoms with Crippen LogP contribution in [0, 0.1) is 5.92 Å². The molecule has 106 valence electrons. The second-order valence-corrected chi connectivity index (χ2v) is 6.57. The summed E-state index contributed by atoms with van der Waals surface area (Å²) in [5.74, 6) is 0.984. The zero-order valence-electron chi connectivity index (χ0n) is 11.4. The van der Waals surface area contributed by atoms with Crippen molar-refractivity contribution in [2.75, 3.05) is 5.32 Å². The summed E-state index contributed by atoms with van der Waals surface area (Å²) in [6, 6.07) is 14.6. The van der Waals surface area contributed by atoms with Crippen LogP contribution in [-0.4, -0.2) is 0 Å². The van der Waals surface area contributed by atoms with E-state index in [0.29, 0.717) is 16.9 Å². The minimum Gasteiger partial charge on any atom is -0.378 e. The molecule has 0 saturated carbocycles. The molecule has 0 amide bonds. The van der Waals surface area contributed by atoms with Gasteiger partial charge in [-0.1, -0.05) is 59.6 Å². The summed E-state index contributed by atoms with van der Waals surface area (Å²) in [4.78, 5) is 0. The molecule has 2 aliphatic rings. The van der Waals surface area contributed by atoms with Gasteiger partial charge < -0.3 is 5.32 Å². The molecule has 0 aromatic heterocycles. The van der Waals surface area contributed by atoms with Crippen LogP contribution in [0.2, 0.25) is 10.0 Å². The van der Waals surface area contributed by atoms with E-state index in [2.05, 4.69) is 41.7 Å². The van der Waals surface area contributed by atoms with Gasteiger partial charge in [0.25, 0.3) is 0 Å². The minimum absolute atomic E-state index is 0.227. The summed E-state index contributed by atoms with van der Waals surface area (Å²) in [7, 11) is 0. The van der Waals surface area contributed by atoms with Gasteiger partial charge in [-0.05, 0) is 41.7 Å². The van der Waals surface area contributed by atoms with Crippen LogP contribution in [0.25, 0.3) is 0 Å². The van der Waals surface area contributed by atoms with Crippen LogP contribution in [0.15, 0.2) is 54.6 Å². The highest BCUT2D eigenvalue weighted by molar-refractivity contribution is 6.35. The maximum absolute atomic E-state index is 6.44. The molecule has 3 atom stereocenters. The fraction of sp³-hybridized carbons (Fsp3) is 0.222. The van der Waals surface area contributed by atoms with Crippen molar-refractivity contribution in [3.05, 3.63) is 75.8 Å². The number of allylic oxidation sites excluding steroid dienone is 2. The standard InChI is InChI=1S/C18H15Cl2N/c19-11-8-9-15(16(20)10-11)18-14-6-3-5-12(14)13-4-1-2-7-17(13)21-18/h1-5,7-10,12,14,18,21H,6H2. The van der Waals surface area contributed by atoms with Crippen molar-refractivity contribution in [1.82, 2.24) is 0 Å². The Hall–Kier alpha value is -1.44. The quantitative estimate of drug-likeness (QED) is 0.654. The summed E-state index contributed by atoms with van der Waals surface area (Å²) < 4.78 is 0. The van der Waals surface area contributed by atoms with Crippen LogP contribution in [0.5, 0.6) is 0 Å². The van der Waals surface area contributed by atoms with E-state index in [9.17, 15) is 0 Å². The van der Waals surface area contributed by atoms with Gasteiger partial charge in [0.2, 0.25) is 0 Å². The number of benzene rings is 2. The van der Waals surface area contributed by atoms with E-state index in [1.165, 1.54) is 11.3 Å². The van der Waals surface area contributed by atoms with Gasteiger partial charge in [0, 0.05) is 21.7 Å². The number of para-hydroxylation sites is 1. The molecule has 0 bridgehead atoms. The highest BCUT2D eigenvalue weighted by atomic mass is 35.5. The van der Waals surface area contributed by atoms with E-state index in [1.807, 2.05) is 18.2 Å². The zero-order valence-corrected chi connectivity index (χ0v) is 12.9. The molecular formula is C18H15Cl2N. The molecule has 0 saturated heterocycles. The van der Waals surface area contributed by atoms with Gasteiger partial charge >= 0.3 is 0 Å². The van der Waals surface area contributed by atoms with Crippen LogP contribution in [0.4, 0.5) is 5.69 Å². The lowest BCUT2D eigenvalue weighted by Crippen LogP contribution is -2.29. The Kier molecular flexibility index (Phi) is 3.20. The van der Waals surface area contributed by atoms with Crippen molar-refractivity contribution in [2.45, 2.75) is 18.4 Å². The van der Waals surface area contributed by atoms with Crippen molar-refractivity contribution in [3.63, 3.8) is 0 Å². The van der Waals surface area contributed by atoms with Crippen molar-refractivity contribution < 1.29 is 0 Å². The predicted molar refractivity (Wildman–Crippen MR) is 89.3 cm³/mol. The first kappa shape index (κ1) is 13.2. The molecule has 0 spiro atoms. The van der Waals surface area contributed by atoms with Crippen molar-refractivity contribution >= 4 is 28.9 Å². The normalized spacial score (nSPS) is 26.1. The highest BCUT2D eigenvalue weighted by Gasteiger charge is 2.38. The lowest BCUT2D eigenvalue weighted by molar-refractivity contribution is 0.425. The fourth-order valence-electron chi connectivity index (χ4n) is 3.61. The molecule has 1 heterocycles. The summed E-state index contributed by atoms with van der Waals surface area (Å²) in [5.41, 5.74) is 3.73. The number of fused-ring (bicyclic) bond motifs is 3. The number of hydrogen-bond acceptors (Lipinski definition) is 1. The Labute approximate surface area is 134 Å². The lowest BCUT2D eigenvalue weighted by atomic mass is 9.77. The number of nitrogens with one attached hydrogen (secondary N) is 1. The Morgan fingerprint density at radius 3 is 2.71 bits per heavy atom. The first-order valence-electron chi connectivity index (χ1n) is 7.21. The van der Waals surface area contributed by atoms with Gasteiger partial charge in [-0.3, -0.25) is 0 Å².